The molecule has 0 rings (SSSR count). The van der Waals surface area contributed by atoms with Gasteiger partial charge in [0.05, 0.1) is 6.61 Å². The molecule has 31 heavy (non-hydrogen) atoms. The van der Waals surface area contributed by atoms with E-state index in [4.69, 9.17) is 4.74 Å². The molecule has 0 spiro atoms. The van der Waals surface area contributed by atoms with Crippen LogP contribution in [0, 0.1) is 11.8 Å². The Labute approximate surface area is 191 Å². The SMILES string of the molecule is CCOC(=O)C(CC=C(C)CCC=C(C)CCC=C(C)CCC=C(C)C)C(=O)C(C)C. The van der Waals surface area contributed by atoms with Crippen LogP contribution in [0.1, 0.15) is 100 Å². The Morgan fingerprint density at radius 3 is 1.61 bits per heavy atom. The molecular formula is C28H46O3. The van der Waals surface area contributed by atoms with Gasteiger partial charge in [0.1, 0.15) is 11.7 Å². The highest BCUT2D eigenvalue weighted by Gasteiger charge is 2.28. The van der Waals surface area contributed by atoms with E-state index < -0.39 is 11.9 Å². The van der Waals surface area contributed by atoms with Gasteiger partial charge in [-0.3, -0.25) is 9.59 Å². The number of hydrogen-bond donors (Lipinski definition) is 0. The topological polar surface area (TPSA) is 43.4 Å². The highest BCUT2D eigenvalue weighted by atomic mass is 16.5. The fourth-order valence-electron chi connectivity index (χ4n) is 3.28. The Morgan fingerprint density at radius 2 is 1.19 bits per heavy atom. The smallest absolute Gasteiger partial charge is 0.316 e. The van der Waals surface area contributed by atoms with Gasteiger partial charge in [-0.25, -0.2) is 0 Å². The molecule has 0 N–H and O–H groups in total. The maximum Gasteiger partial charge on any atom is 0.316 e. The van der Waals surface area contributed by atoms with E-state index in [1.54, 1.807) is 6.92 Å². The molecule has 1 unspecified atom stereocenters. The lowest BCUT2D eigenvalue weighted by Crippen LogP contribution is -2.29. The molecule has 3 nitrogen and oxygen atoms in total. The van der Waals surface area contributed by atoms with E-state index in [0.717, 1.165) is 38.5 Å². The van der Waals surface area contributed by atoms with Gasteiger partial charge >= 0.3 is 5.97 Å². The average Bonchev–Trinajstić information content (AvgIpc) is 2.67. The van der Waals surface area contributed by atoms with E-state index in [2.05, 4.69) is 52.8 Å². The molecular weight excluding hydrogens is 384 g/mol. The second-order valence-corrected chi connectivity index (χ2v) is 9.15. The summed E-state index contributed by atoms with van der Waals surface area (Å²) in [7, 11) is 0. The van der Waals surface area contributed by atoms with Crippen LogP contribution in [0.15, 0.2) is 46.6 Å². The van der Waals surface area contributed by atoms with E-state index in [0.29, 0.717) is 13.0 Å². The molecule has 0 amide bonds. The van der Waals surface area contributed by atoms with Gasteiger partial charge in [-0.2, -0.15) is 0 Å². The first kappa shape index (κ1) is 29.1. The van der Waals surface area contributed by atoms with Crippen molar-refractivity contribution in [3.05, 3.63) is 46.6 Å². The number of carbonyl (C=O) groups is 2. The van der Waals surface area contributed by atoms with Crippen molar-refractivity contribution < 1.29 is 14.3 Å². The number of hydrogen-bond acceptors (Lipinski definition) is 3. The Balaban J connectivity index is 4.52. The van der Waals surface area contributed by atoms with E-state index in [1.165, 1.54) is 22.3 Å². The first-order valence-corrected chi connectivity index (χ1v) is 11.9. The van der Waals surface area contributed by atoms with Crippen LogP contribution in [-0.4, -0.2) is 18.4 Å². The summed E-state index contributed by atoms with van der Waals surface area (Å²) < 4.78 is 5.10. The number of carbonyl (C=O) groups excluding carboxylic acids is 2. The van der Waals surface area contributed by atoms with Crippen molar-refractivity contribution in [3.8, 4) is 0 Å². The number of Topliss-reactive ketones (excluding diaryl/α,β-unsaturated/α-hetero) is 1. The Bertz CT molecular complexity index is 670. The van der Waals surface area contributed by atoms with Crippen LogP contribution in [0.2, 0.25) is 0 Å². The fraction of sp³-hybridized carbons (Fsp3) is 0.643. The first-order chi connectivity index (χ1) is 14.6. The van der Waals surface area contributed by atoms with Crippen molar-refractivity contribution in [2.45, 2.75) is 100 Å². The van der Waals surface area contributed by atoms with Crippen molar-refractivity contribution in [2.24, 2.45) is 11.8 Å². The molecule has 0 saturated heterocycles. The lowest BCUT2D eigenvalue weighted by Gasteiger charge is -2.15. The zero-order valence-electron chi connectivity index (χ0n) is 21.3. The molecule has 0 heterocycles. The summed E-state index contributed by atoms with van der Waals surface area (Å²) in [5.74, 6) is -1.29. The number of allylic oxidation sites excluding steroid dienone is 8. The largest absolute Gasteiger partial charge is 0.465 e. The third-order valence-corrected chi connectivity index (χ3v) is 5.34. The van der Waals surface area contributed by atoms with Crippen molar-refractivity contribution >= 4 is 11.8 Å². The van der Waals surface area contributed by atoms with Crippen molar-refractivity contribution in [1.29, 1.82) is 0 Å². The van der Waals surface area contributed by atoms with E-state index in [9.17, 15) is 9.59 Å². The lowest BCUT2D eigenvalue weighted by molar-refractivity contribution is -0.152. The van der Waals surface area contributed by atoms with Crippen LogP contribution in [0.3, 0.4) is 0 Å². The predicted octanol–water partition coefficient (Wildman–Crippen LogP) is 7.93. The van der Waals surface area contributed by atoms with Crippen LogP contribution in [0.5, 0.6) is 0 Å². The van der Waals surface area contributed by atoms with Gasteiger partial charge in [0.25, 0.3) is 0 Å². The van der Waals surface area contributed by atoms with E-state index in [1.807, 2.05) is 19.9 Å². The van der Waals surface area contributed by atoms with Crippen LogP contribution in [0.25, 0.3) is 0 Å². The van der Waals surface area contributed by atoms with Crippen LogP contribution < -0.4 is 0 Å². The zero-order chi connectivity index (χ0) is 23.8. The lowest BCUT2D eigenvalue weighted by atomic mass is 9.91. The van der Waals surface area contributed by atoms with Crippen LogP contribution >= 0.6 is 0 Å². The third kappa shape index (κ3) is 14.7. The van der Waals surface area contributed by atoms with Crippen LogP contribution in [-0.2, 0) is 14.3 Å². The highest BCUT2D eigenvalue weighted by Crippen LogP contribution is 2.18. The minimum atomic E-state index is -0.682. The Kier molecular flexibility index (Phi) is 15.7. The molecule has 0 aliphatic heterocycles. The maximum atomic E-state index is 12.4. The van der Waals surface area contributed by atoms with Gasteiger partial charge in [0.15, 0.2) is 0 Å². The molecule has 0 aliphatic carbocycles. The Hall–Kier alpha value is -1.90. The normalized spacial score (nSPS) is 13.9. The predicted molar refractivity (Wildman–Crippen MR) is 133 cm³/mol. The van der Waals surface area contributed by atoms with Crippen molar-refractivity contribution in [2.75, 3.05) is 6.61 Å². The molecule has 0 fully saturated rings. The summed E-state index contributed by atoms with van der Waals surface area (Å²) in [4.78, 5) is 24.5. The van der Waals surface area contributed by atoms with Crippen molar-refractivity contribution in [3.63, 3.8) is 0 Å². The molecule has 0 radical (unpaired) electrons. The summed E-state index contributed by atoms with van der Waals surface area (Å²) in [6.07, 6.45) is 15.8. The summed E-state index contributed by atoms with van der Waals surface area (Å²) >= 11 is 0. The molecule has 0 aromatic carbocycles. The molecule has 0 saturated carbocycles. The number of esters is 1. The second kappa shape index (κ2) is 16.8. The van der Waals surface area contributed by atoms with Gasteiger partial charge in [0, 0.05) is 5.92 Å². The highest BCUT2D eigenvalue weighted by molar-refractivity contribution is 6.00. The number of ether oxygens (including phenoxy) is 1. The molecule has 1 atom stereocenters. The van der Waals surface area contributed by atoms with E-state index >= 15 is 0 Å². The molecule has 0 aromatic rings. The minimum absolute atomic E-state index is 0.0394. The van der Waals surface area contributed by atoms with Gasteiger partial charge in [-0.05, 0) is 86.5 Å². The molecule has 0 bridgehead atoms. The van der Waals surface area contributed by atoms with Gasteiger partial charge in [-0.15, -0.1) is 0 Å². The van der Waals surface area contributed by atoms with Gasteiger partial charge in [-0.1, -0.05) is 60.4 Å². The summed E-state index contributed by atoms with van der Waals surface area (Å²) in [5.41, 5.74) is 5.49. The van der Waals surface area contributed by atoms with Crippen molar-refractivity contribution in [1.82, 2.24) is 0 Å². The monoisotopic (exact) mass is 430 g/mol. The number of rotatable bonds is 15. The van der Waals surface area contributed by atoms with E-state index in [-0.39, 0.29) is 11.7 Å². The van der Waals surface area contributed by atoms with Gasteiger partial charge in [0.2, 0.25) is 0 Å². The number of ketones is 1. The summed E-state index contributed by atoms with van der Waals surface area (Å²) in [5, 5.41) is 0. The molecule has 0 aromatic heterocycles. The molecule has 3 heteroatoms. The molecule has 176 valence electrons. The summed E-state index contributed by atoms with van der Waals surface area (Å²) in [6, 6.07) is 0. The third-order valence-electron chi connectivity index (χ3n) is 5.34. The standard InChI is InChI=1S/C28H46O3/c1-9-31-28(30)26(27(29)22(4)5)20-19-25(8)18-12-17-24(7)16-11-15-23(6)14-10-13-21(2)3/h13,15,17,19,22,26H,9-12,14,16,18,20H2,1-8H3. The maximum absolute atomic E-state index is 12.4. The molecule has 0 aliphatic rings. The zero-order valence-corrected chi connectivity index (χ0v) is 21.3. The first-order valence-electron chi connectivity index (χ1n) is 11.9. The fourth-order valence-corrected chi connectivity index (χ4v) is 3.28. The minimum Gasteiger partial charge on any atom is -0.465 e. The second-order valence-electron chi connectivity index (χ2n) is 9.15. The summed E-state index contributed by atoms with van der Waals surface area (Å²) in [6.45, 7) is 16.5. The average molecular weight is 431 g/mol. The quantitative estimate of drug-likeness (QED) is 0.150. The Morgan fingerprint density at radius 1 is 0.742 bits per heavy atom. The van der Waals surface area contributed by atoms with Crippen LogP contribution in [0.4, 0.5) is 0 Å². The van der Waals surface area contributed by atoms with Gasteiger partial charge < -0.3 is 4.74 Å².